The molecule has 2 rings (SSSR count). The molecule has 124 valence electrons. The highest BCUT2D eigenvalue weighted by molar-refractivity contribution is 5.76. The summed E-state index contributed by atoms with van der Waals surface area (Å²) in [7, 11) is 0. The molecule has 1 unspecified atom stereocenters. The van der Waals surface area contributed by atoms with Crippen molar-refractivity contribution in [2.75, 3.05) is 0 Å². The first-order chi connectivity index (χ1) is 11.0. The van der Waals surface area contributed by atoms with E-state index in [0.29, 0.717) is 19.4 Å². The minimum Gasteiger partial charge on any atom is -0.361 e. The third-order valence-electron chi connectivity index (χ3n) is 4.41. The Bertz CT molecular complexity index is 615. The molecule has 0 saturated heterocycles. The minimum absolute atomic E-state index is 0.184. The lowest BCUT2D eigenvalue weighted by Crippen LogP contribution is -2.37. The van der Waals surface area contributed by atoms with Gasteiger partial charge in [-0.05, 0) is 39.2 Å². The first-order valence-electron chi connectivity index (χ1n) is 8.28. The number of aryl methyl sites for hydroxylation is 2. The van der Waals surface area contributed by atoms with E-state index in [1.54, 1.807) is 0 Å². The van der Waals surface area contributed by atoms with Crippen LogP contribution in [0.15, 0.2) is 34.9 Å². The molecule has 0 aliphatic rings. The molecule has 4 heteroatoms. The largest absolute Gasteiger partial charge is 0.361 e. The molecule has 1 heterocycles. The smallest absolute Gasteiger partial charge is 0.223 e. The zero-order valence-electron chi connectivity index (χ0n) is 14.5. The standard InChI is InChI=1S/C19H26N2O2/c1-5-14(2)21(13-17-9-7-6-8-10-17)19(22)12-11-18-15(3)20-23-16(18)4/h6-10,14H,5,11-13H2,1-4H3. The summed E-state index contributed by atoms with van der Waals surface area (Å²) >= 11 is 0. The molecule has 2 aromatic rings. The van der Waals surface area contributed by atoms with Crippen LogP contribution in [0.25, 0.3) is 0 Å². The highest BCUT2D eigenvalue weighted by Crippen LogP contribution is 2.17. The van der Waals surface area contributed by atoms with E-state index in [1.165, 1.54) is 5.56 Å². The summed E-state index contributed by atoms with van der Waals surface area (Å²) < 4.78 is 5.18. The van der Waals surface area contributed by atoms with Crippen molar-refractivity contribution < 1.29 is 9.32 Å². The third kappa shape index (κ3) is 4.44. The Hall–Kier alpha value is -2.10. The Morgan fingerprint density at radius 1 is 1.26 bits per heavy atom. The van der Waals surface area contributed by atoms with E-state index in [9.17, 15) is 4.79 Å². The third-order valence-corrected chi connectivity index (χ3v) is 4.41. The van der Waals surface area contributed by atoms with Crippen LogP contribution < -0.4 is 0 Å². The van der Waals surface area contributed by atoms with Crippen LogP contribution in [0.2, 0.25) is 0 Å². The summed E-state index contributed by atoms with van der Waals surface area (Å²) in [6.07, 6.45) is 2.12. The van der Waals surface area contributed by atoms with Gasteiger partial charge in [-0.2, -0.15) is 0 Å². The number of hydrogen-bond acceptors (Lipinski definition) is 3. The molecule has 4 nitrogen and oxygen atoms in total. The van der Waals surface area contributed by atoms with Gasteiger partial charge in [-0.25, -0.2) is 0 Å². The number of aromatic nitrogens is 1. The fourth-order valence-corrected chi connectivity index (χ4v) is 2.72. The van der Waals surface area contributed by atoms with Crippen molar-refractivity contribution in [2.45, 2.75) is 59.5 Å². The van der Waals surface area contributed by atoms with Crippen LogP contribution in [-0.4, -0.2) is 22.0 Å². The van der Waals surface area contributed by atoms with Gasteiger partial charge in [-0.1, -0.05) is 42.4 Å². The minimum atomic E-state index is 0.184. The zero-order chi connectivity index (χ0) is 16.8. The summed E-state index contributed by atoms with van der Waals surface area (Å²) in [6.45, 7) is 8.71. The van der Waals surface area contributed by atoms with E-state index in [4.69, 9.17) is 4.52 Å². The number of hydrogen-bond donors (Lipinski definition) is 0. The second-order valence-electron chi connectivity index (χ2n) is 6.07. The summed E-state index contributed by atoms with van der Waals surface area (Å²) in [5.41, 5.74) is 3.11. The lowest BCUT2D eigenvalue weighted by molar-refractivity contribution is -0.134. The predicted molar refractivity (Wildman–Crippen MR) is 91.0 cm³/mol. The van der Waals surface area contributed by atoms with Crippen LogP contribution in [0.4, 0.5) is 0 Å². The Kier molecular flexibility index (Phi) is 5.97. The number of nitrogens with zero attached hydrogens (tertiary/aromatic N) is 2. The van der Waals surface area contributed by atoms with Crippen LogP contribution in [0, 0.1) is 13.8 Å². The van der Waals surface area contributed by atoms with Crippen LogP contribution in [0.5, 0.6) is 0 Å². The van der Waals surface area contributed by atoms with Crippen LogP contribution in [0.3, 0.4) is 0 Å². The van der Waals surface area contributed by atoms with Gasteiger partial charge >= 0.3 is 0 Å². The average molecular weight is 314 g/mol. The van der Waals surface area contributed by atoms with Gasteiger partial charge in [-0.15, -0.1) is 0 Å². The number of carbonyl (C=O) groups excluding carboxylic acids is 1. The van der Waals surface area contributed by atoms with E-state index in [0.717, 1.165) is 23.4 Å². The van der Waals surface area contributed by atoms with Crippen molar-refractivity contribution in [1.29, 1.82) is 0 Å². The van der Waals surface area contributed by atoms with E-state index in [2.05, 4.69) is 31.1 Å². The van der Waals surface area contributed by atoms with Crippen molar-refractivity contribution in [3.63, 3.8) is 0 Å². The lowest BCUT2D eigenvalue weighted by Gasteiger charge is -2.29. The molecule has 0 aliphatic carbocycles. The van der Waals surface area contributed by atoms with Gasteiger partial charge in [0.15, 0.2) is 0 Å². The van der Waals surface area contributed by atoms with Crippen molar-refractivity contribution in [1.82, 2.24) is 10.1 Å². The molecule has 1 amide bonds. The summed E-state index contributed by atoms with van der Waals surface area (Å²) in [5.74, 6) is 0.997. The van der Waals surface area contributed by atoms with E-state index in [1.807, 2.05) is 36.9 Å². The number of benzene rings is 1. The highest BCUT2D eigenvalue weighted by Gasteiger charge is 2.20. The van der Waals surface area contributed by atoms with E-state index in [-0.39, 0.29) is 11.9 Å². The molecule has 0 aliphatic heterocycles. The Labute approximate surface area is 138 Å². The Morgan fingerprint density at radius 3 is 2.52 bits per heavy atom. The van der Waals surface area contributed by atoms with E-state index < -0.39 is 0 Å². The molecule has 1 aromatic carbocycles. The number of amides is 1. The SMILES string of the molecule is CCC(C)N(Cc1ccccc1)C(=O)CCc1c(C)noc1C. The highest BCUT2D eigenvalue weighted by atomic mass is 16.5. The Balaban J connectivity index is 2.05. The van der Waals surface area contributed by atoms with Crippen LogP contribution in [0.1, 0.15) is 49.3 Å². The van der Waals surface area contributed by atoms with Gasteiger partial charge in [0, 0.05) is 24.6 Å². The molecule has 0 radical (unpaired) electrons. The molecular weight excluding hydrogens is 288 g/mol. The predicted octanol–water partition coefficient (Wildman–Crippen LogP) is 4.05. The van der Waals surface area contributed by atoms with Gasteiger partial charge in [0.2, 0.25) is 5.91 Å². The maximum Gasteiger partial charge on any atom is 0.223 e. The fourth-order valence-electron chi connectivity index (χ4n) is 2.72. The second-order valence-corrected chi connectivity index (χ2v) is 6.07. The molecule has 0 N–H and O–H groups in total. The summed E-state index contributed by atoms with van der Waals surface area (Å²) in [5, 5.41) is 3.96. The van der Waals surface area contributed by atoms with Crippen molar-refractivity contribution in [3.05, 3.63) is 52.9 Å². The number of rotatable bonds is 7. The van der Waals surface area contributed by atoms with Gasteiger partial charge < -0.3 is 9.42 Å². The monoisotopic (exact) mass is 314 g/mol. The van der Waals surface area contributed by atoms with Gasteiger partial charge in [-0.3, -0.25) is 4.79 Å². The van der Waals surface area contributed by atoms with Crippen molar-refractivity contribution in [3.8, 4) is 0 Å². The number of carbonyl (C=O) groups is 1. The Morgan fingerprint density at radius 2 is 1.96 bits per heavy atom. The van der Waals surface area contributed by atoms with Crippen molar-refractivity contribution in [2.24, 2.45) is 0 Å². The molecule has 0 spiro atoms. The topological polar surface area (TPSA) is 46.3 Å². The molecule has 0 saturated carbocycles. The van der Waals surface area contributed by atoms with Gasteiger partial charge in [0.1, 0.15) is 5.76 Å². The second kappa shape index (κ2) is 7.95. The molecule has 23 heavy (non-hydrogen) atoms. The van der Waals surface area contributed by atoms with Crippen LogP contribution >= 0.6 is 0 Å². The molecule has 1 aromatic heterocycles. The average Bonchev–Trinajstić information content (AvgIpc) is 2.89. The molecule has 0 fully saturated rings. The maximum absolute atomic E-state index is 12.7. The first-order valence-corrected chi connectivity index (χ1v) is 8.28. The van der Waals surface area contributed by atoms with E-state index >= 15 is 0 Å². The van der Waals surface area contributed by atoms with Gasteiger partial charge in [0.25, 0.3) is 0 Å². The summed E-state index contributed by atoms with van der Waals surface area (Å²) in [6, 6.07) is 10.4. The lowest BCUT2D eigenvalue weighted by atomic mass is 10.1. The van der Waals surface area contributed by atoms with Crippen molar-refractivity contribution >= 4 is 5.91 Å². The molecular formula is C19H26N2O2. The fraction of sp³-hybridized carbons (Fsp3) is 0.474. The summed E-state index contributed by atoms with van der Waals surface area (Å²) in [4.78, 5) is 14.7. The zero-order valence-corrected chi connectivity index (χ0v) is 14.5. The van der Waals surface area contributed by atoms with Gasteiger partial charge in [0.05, 0.1) is 5.69 Å². The molecule has 0 bridgehead atoms. The molecule has 1 atom stereocenters. The first kappa shape index (κ1) is 17.3. The quantitative estimate of drug-likeness (QED) is 0.774. The van der Waals surface area contributed by atoms with Crippen LogP contribution in [-0.2, 0) is 17.8 Å². The normalized spacial score (nSPS) is 12.2. The maximum atomic E-state index is 12.7.